The van der Waals surface area contributed by atoms with Crippen LogP contribution in [0.1, 0.15) is 23.1 Å². The highest BCUT2D eigenvalue weighted by atomic mass is 16.5. The lowest BCUT2D eigenvalue weighted by Crippen LogP contribution is -2.36. The molecule has 0 saturated heterocycles. The summed E-state index contributed by atoms with van der Waals surface area (Å²) < 4.78 is 5.63. The second-order valence-electron chi connectivity index (χ2n) is 6.97. The van der Waals surface area contributed by atoms with Gasteiger partial charge < -0.3 is 14.6 Å². The van der Waals surface area contributed by atoms with E-state index in [4.69, 9.17) is 4.74 Å². The molecule has 3 aromatic rings. The van der Waals surface area contributed by atoms with E-state index in [1.54, 1.807) is 0 Å². The van der Waals surface area contributed by atoms with Gasteiger partial charge in [-0.1, -0.05) is 18.2 Å². The number of ether oxygens (including phenoxy) is 1. The molecule has 5 heteroatoms. The number of H-pyrrole nitrogens is 1. The summed E-state index contributed by atoms with van der Waals surface area (Å²) >= 11 is 0. The lowest BCUT2D eigenvalue weighted by molar-refractivity contribution is -0.132. The summed E-state index contributed by atoms with van der Waals surface area (Å²) in [6, 6.07) is 15.6. The van der Waals surface area contributed by atoms with E-state index < -0.39 is 0 Å². The van der Waals surface area contributed by atoms with E-state index in [2.05, 4.69) is 11.1 Å². The number of pyridine rings is 1. The molecule has 0 fully saturated rings. The number of nitrogens with zero attached hydrogens (tertiary/aromatic N) is 1. The van der Waals surface area contributed by atoms with E-state index in [9.17, 15) is 9.59 Å². The molecule has 138 valence electrons. The van der Waals surface area contributed by atoms with Crippen molar-refractivity contribution < 1.29 is 9.53 Å². The summed E-state index contributed by atoms with van der Waals surface area (Å²) in [6.45, 7) is 3.47. The molecule has 0 aliphatic carbocycles. The van der Waals surface area contributed by atoms with Crippen LogP contribution in [0.15, 0.2) is 53.3 Å². The number of hydrogen-bond acceptors (Lipinski definition) is 3. The zero-order valence-electron chi connectivity index (χ0n) is 15.3. The van der Waals surface area contributed by atoms with Crippen molar-refractivity contribution in [1.82, 2.24) is 9.88 Å². The van der Waals surface area contributed by atoms with Crippen LogP contribution in [0.2, 0.25) is 0 Å². The fourth-order valence-corrected chi connectivity index (χ4v) is 3.52. The molecule has 0 saturated carbocycles. The Kier molecular flexibility index (Phi) is 4.67. The van der Waals surface area contributed by atoms with Gasteiger partial charge in [-0.15, -0.1) is 0 Å². The third kappa shape index (κ3) is 3.72. The number of amides is 1. The molecule has 27 heavy (non-hydrogen) atoms. The van der Waals surface area contributed by atoms with Crippen LogP contribution in [-0.4, -0.2) is 28.9 Å². The zero-order valence-corrected chi connectivity index (χ0v) is 15.3. The maximum absolute atomic E-state index is 12.5. The van der Waals surface area contributed by atoms with Crippen LogP contribution >= 0.6 is 0 Å². The molecule has 1 aliphatic heterocycles. The van der Waals surface area contributed by atoms with Crippen molar-refractivity contribution in [3.8, 4) is 5.75 Å². The Morgan fingerprint density at radius 1 is 1.15 bits per heavy atom. The van der Waals surface area contributed by atoms with Crippen LogP contribution in [0.3, 0.4) is 0 Å². The molecule has 0 spiro atoms. The molecule has 1 N–H and O–H groups in total. The van der Waals surface area contributed by atoms with Crippen molar-refractivity contribution in [3.63, 3.8) is 0 Å². The number of hydrogen-bond donors (Lipinski definition) is 1. The summed E-state index contributed by atoms with van der Waals surface area (Å²) in [5.74, 6) is 0.870. The van der Waals surface area contributed by atoms with Gasteiger partial charge in [0.25, 0.3) is 5.56 Å². The van der Waals surface area contributed by atoms with Crippen LogP contribution in [0.4, 0.5) is 0 Å². The summed E-state index contributed by atoms with van der Waals surface area (Å²) in [7, 11) is 0. The predicted octanol–water partition coefficient (Wildman–Crippen LogP) is 3.19. The van der Waals surface area contributed by atoms with Crippen LogP contribution in [-0.2, 0) is 17.8 Å². The van der Waals surface area contributed by atoms with Gasteiger partial charge in [0.05, 0.1) is 13.0 Å². The first-order chi connectivity index (χ1) is 13.1. The number of carbonyl (C=O) groups is 1. The second-order valence-corrected chi connectivity index (χ2v) is 6.97. The van der Waals surface area contributed by atoms with E-state index in [-0.39, 0.29) is 11.5 Å². The quantitative estimate of drug-likeness (QED) is 0.775. The number of aryl methyl sites for hydroxylation is 1. The number of fused-ring (bicyclic) bond motifs is 2. The van der Waals surface area contributed by atoms with Gasteiger partial charge in [-0.25, -0.2) is 0 Å². The Balaban J connectivity index is 1.44. The Morgan fingerprint density at radius 2 is 1.96 bits per heavy atom. The maximum atomic E-state index is 12.5. The molecule has 0 radical (unpaired) electrons. The van der Waals surface area contributed by atoms with Gasteiger partial charge >= 0.3 is 0 Å². The molecule has 1 aromatic heterocycles. The highest BCUT2D eigenvalue weighted by molar-refractivity contribution is 5.82. The number of aromatic amines is 1. The summed E-state index contributed by atoms with van der Waals surface area (Å²) in [6.07, 6.45) is 1.18. The van der Waals surface area contributed by atoms with Crippen molar-refractivity contribution in [2.45, 2.75) is 26.3 Å². The van der Waals surface area contributed by atoms with Crippen molar-refractivity contribution in [3.05, 3.63) is 75.6 Å². The minimum absolute atomic E-state index is 0.0655. The monoisotopic (exact) mass is 362 g/mol. The fourth-order valence-electron chi connectivity index (χ4n) is 3.52. The number of benzene rings is 2. The van der Waals surface area contributed by atoms with Gasteiger partial charge in [-0.3, -0.25) is 9.59 Å². The SMILES string of the molecule is Cc1cc2cc3c(cc2[nH]c1=O)CN(C(=O)CCOc1ccccc1)CC3. The molecule has 1 aliphatic rings. The first kappa shape index (κ1) is 17.3. The van der Waals surface area contributed by atoms with E-state index in [0.717, 1.165) is 28.6 Å². The molecular formula is C22H22N2O3. The van der Waals surface area contributed by atoms with Crippen molar-refractivity contribution in [2.24, 2.45) is 0 Å². The lowest BCUT2D eigenvalue weighted by atomic mass is 9.96. The van der Waals surface area contributed by atoms with Gasteiger partial charge in [0.15, 0.2) is 0 Å². The minimum atomic E-state index is -0.0655. The second kappa shape index (κ2) is 7.27. The molecule has 2 heterocycles. The van der Waals surface area contributed by atoms with E-state index in [1.807, 2.05) is 54.3 Å². The third-order valence-corrected chi connectivity index (χ3v) is 5.04. The largest absolute Gasteiger partial charge is 0.493 e. The molecule has 0 atom stereocenters. The average Bonchev–Trinajstić information content (AvgIpc) is 2.68. The van der Waals surface area contributed by atoms with E-state index in [1.165, 1.54) is 5.56 Å². The summed E-state index contributed by atoms with van der Waals surface area (Å²) in [5.41, 5.74) is 3.83. The van der Waals surface area contributed by atoms with Crippen molar-refractivity contribution >= 4 is 16.8 Å². The topological polar surface area (TPSA) is 62.4 Å². The lowest BCUT2D eigenvalue weighted by Gasteiger charge is -2.29. The number of rotatable bonds is 4. The van der Waals surface area contributed by atoms with Crippen LogP contribution in [0.25, 0.3) is 10.9 Å². The predicted molar refractivity (Wildman–Crippen MR) is 105 cm³/mol. The molecule has 5 nitrogen and oxygen atoms in total. The third-order valence-electron chi connectivity index (χ3n) is 5.04. The first-order valence-electron chi connectivity index (χ1n) is 9.21. The van der Waals surface area contributed by atoms with Crippen molar-refractivity contribution in [1.29, 1.82) is 0 Å². The fraction of sp³-hybridized carbons (Fsp3) is 0.273. The number of aromatic nitrogens is 1. The molecule has 0 unspecified atom stereocenters. The van der Waals surface area contributed by atoms with E-state index >= 15 is 0 Å². The Morgan fingerprint density at radius 3 is 2.78 bits per heavy atom. The number of para-hydroxylation sites is 1. The molecule has 2 aromatic carbocycles. The number of nitrogens with one attached hydrogen (secondary N) is 1. The molecule has 0 bridgehead atoms. The Labute approximate surface area is 157 Å². The Bertz CT molecular complexity index is 1040. The zero-order chi connectivity index (χ0) is 18.8. The minimum Gasteiger partial charge on any atom is -0.493 e. The van der Waals surface area contributed by atoms with Gasteiger partial charge in [-0.05, 0) is 60.2 Å². The average molecular weight is 362 g/mol. The summed E-state index contributed by atoms with van der Waals surface area (Å²) in [5, 5.41) is 1.04. The van der Waals surface area contributed by atoms with Crippen LogP contribution in [0, 0.1) is 6.92 Å². The molecule has 1 amide bonds. The highest BCUT2D eigenvalue weighted by Crippen LogP contribution is 2.24. The normalized spacial score (nSPS) is 13.4. The van der Waals surface area contributed by atoms with E-state index in [0.29, 0.717) is 31.7 Å². The highest BCUT2D eigenvalue weighted by Gasteiger charge is 2.21. The Hall–Kier alpha value is -3.08. The van der Waals surface area contributed by atoms with Gasteiger partial charge in [0.1, 0.15) is 5.75 Å². The van der Waals surface area contributed by atoms with Gasteiger partial charge in [0, 0.05) is 24.2 Å². The van der Waals surface area contributed by atoms with Gasteiger partial charge in [-0.2, -0.15) is 0 Å². The smallest absolute Gasteiger partial charge is 0.251 e. The van der Waals surface area contributed by atoms with Gasteiger partial charge in [0.2, 0.25) is 5.91 Å². The standard InChI is InChI=1S/C22H22N2O3/c1-15-11-17-12-16-7-9-24(14-18(16)13-20(17)23-22(15)26)21(25)8-10-27-19-5-3-2-4-6-19/h2-6,11-13H,7-10,14H2,1H3,(H,23,26). The van der Waals surface area contributed by atoms with Crippen LogP contribution in [0.5, 0.6) is 5.75 Å². The van der Waals surface area contributed by atoms with Crippen molar-refractivity contribution in [2.75, 3.05) is 13.2 Å². The van der Waals surface area contributed by atoms with Crippen LogP contribution < -0.4 is 10.3 Å². The summed E-state index contributed by atoms with van der Waals surface area (Å²) in [4.78, 5) is 29.2. The molecule has 4 rings (SSSR count). The maximum Gasteiger partial charge on any atom is 0.251 e. The molecular weight excluding hydrogens is 340 g/mol. The first-order valence-corrected chi connectivity index (χ1v) is 9.21. The number of carbonyl (C=O) groups excluding carboxylic acids is 1.